The zero-order valence-electron chi connectivity index (χ0n) is 23.0. The molecule has 2 aromatic carbocycles. The molecule has 3 fully saturated rings. The van der Waals surface area contributed by atoms with Gasteiger partial charge in [0.05, 0.1) is 22.9 Å². The number of carbonyl (C=O) groups is 1. The van der Waals surface area contributed by atoms with Gasteiger partial charge >= 0.3 is 12.0 Å². The van der Waals surface area contributed by atoms with Gasteiger partial charge in [-0.1, -0.05) is 30.3 Å². The van der Waals surface area contributed by atoms with Crippen LogP contribution in [0.15, 0.2) is 42.6 Å². The van der Waals surface area contributed by atoms with Gasteiger partial charge in [0.25, 0.3) is 0 Å². The highest BCUT2D eigenvalue weighted by molar-refractivity contribution is 5.99. The molecule has 0 radical (unpaired) electrons. The smallest absolute Gasteiger partial charge is 0.319 e. The number of anilines is 1. The van der Waals surface area contributed by atoms with Crippen LogP contribution in [0.5, 0.6) is 6.01 Å². The summed E-state index contributed by atoms with van der Waals surface area (Å²) in [7, 11) is 0. The van der Waals surface area contributed by atoms with Gasteiger partial charge in [-0.05, 0) is 56.6 Å². The highest BCUT2D eigenvalue weighted by atomic mass is 19.1. The van der Waals surface area contributed by atoms with Gasteiger partial charge in [0.2, 0.25) is 0 Å². The number of hydrogen-bond donors (Lipinski definition) is 2. The van der Waals surface area contributed by atoms with E-state index in [0.717, 1.165) is 38.8 Å². The van der Waals surface area contributed by atoms with Gasteiger partial charge in [-0.2, -0.15) is 9.97 Å². The van der Waals surface area contributed by atoms with Crippen LogP contribution < -0.4 is 9.64 Å². The zero-order chi connectivity index (χ0) is 29.0. The summed E-state index contributed by atoms with van der Waals surface area (Å²) in [5.41, 5.74) is 0.138. The molecule has 0 spiro atoms. The molecule has 2 aromatic heterocycles. The van der Waals surface area contributed by atoms with E-state index in [1.165, 1.54) is 12.3 Å². The summed E-state index contributed by atoms with van der Waals surface area (Å²) in [6.07, 6.45) is 4.72. The number of ether oxygens (including phenoxy) is 1. The van der Waals surface area contributed by atoms with E-state index in [4.69, 9.17) is 4.74 Å². The lowest BCUT2D eigenvalue weighted by Crippen LogP contribution is -2.47. The van der Waals surface area contributed by atoms with Crippen LogP contribution >= 0.6 is 0 Å². The lowest BCUT2D eigenvalue weighted by Gasteiger charge is -2.35. The van der Waals surface area contributed by atoms with E-state index >= 15 is 4.39 Å². The van der Waals surface area contributed by atoms with Gasteiger partial charge in [-0.15, -0.1) is 0 Å². The third-order valence-corrected chi connectivity index (χ3v) is 9.23. The van der Waals surface area contributed by atoms with Crippen molar-refractivity contribution in [2.24, 2.45) is 5.92 Å². The second kappa shape index (κ2) is 10.4. The summed E-state index contributed by atoms with van der Waals surface area (Å²) in [6.45, 7) is 2.70. The SMILES string of the molecule is O=C(O)[C@@H]1CCN(c2nc(OCC34CCCN3CCC4)nc3c(F)c(-c4cccc5cccc(F)c45)ncc23)C[C@@H]1O. The van der Waals surface area contributed by atoms with E-state index in [2.05, 4.69) is 19.9 Å². The standard InChI is InChI=1S/C31H31F2N5O4/c32-22-8-2-6-18-5-1-7-20(24(18)22)26-25(33)27-21(15-34-26)28(37-14-9-19(29(40)41)23(39)16-37)36-30(35-27)42-17-31-10-3-12-38(31)13-4-11-31/h1-2,5-8,15,19,23,39H,3-4,9-14,16-17H2,(H,40,41)/t19-,23+/m1/s1. The molecule has 0 saturated carbocycles. The maximum Gasteiger partial charge on any atom is 0.319 e. The lowest BCUT2D eigenvalue weighted by molar-refractivity contribution is -0.146. The van der Waals surface area contributed by atoms with Gasteiger partial charge < -0.3 is 19.8 Å². The summed E-state index contributed by atoms with van der Waals surface area (Å²) in [5, 5.41) is 21.3. The number of fused-ring (bicyclic) bond motifs is 3. The van der Waals surface area contributed by atoms with Crippen molar-refractivity contribution in [3.05, 3.63) is 54.2 Å². The Bertz CT molecular complexity index is 1690. The predicted octanol–water partition coefficient (Wildman–Crippen LogP) is 4.40. The molecule has 0 amide bonds. The minimum Gasteiger partial charge on any atom is -0.481 e. The average Bonchev–Trinajstić information content (AvgIpc) is 3.56. The van der Waals surface area contributed by atoms with Gasteiger partial charge in [0.15, 0.2) is 5.82 Å². The Morgan fingerprint density at radius 2 is 1.83 bits per heavy atom. The second-order valence-corrected chi connectivity index (χ2v) is 11.6. The largest absolute Gasteiger partial charge is 0.481 e. The van der Waals surface area contributed by atoms with Crippen molar-refractivity contribution in [1.82, 2.24) is 19.9 Å². The summed E-state index contributed by atoms with van der Waals surface area (Å²) < 4.78 is 37.6. The third kappa shape index (κ3) is 4.42. The molecule has 4 aromatic rings. The Labute approximate surface area is 240 Å². The van der Waals surface area contributed by atoms with Crippen molar-refractivity contribution >= 4 is 33.5 Å². The van der Waals surface area contributed by atoms with Crippen LogP contribution in [0.25, 0.3) is 32.9 Å². The second-order valence-electron chi connectivity index (χ2n) is 11.6. The number of nitrogens with zero attached hydrogens (tertiary/aromatic N) is 5. The Balaban J connectivity index is 1.34. The van der Waals surface area contributed by atoms with Crippen molar-refractivity contribution in [3.8, 4) is 17.3 Å². The first kappa shape index (κ1) is 26.9. The van der Waals surface area contributed by atoms with E-state index in [1.54, 1.807) is 35.2 Å². The number of aliphatic hydroxyl groups is 1. The first-order chi connectivity index (χ1) is 20.3. The minimum absolute atomic E-state index is 0.000577. The van der Waals surface area contributed by atoms with Crippen molar-refractivity contribution in [2.45, 2.75) is 43.7 Å². The number of carboxylic acids is 1. The summed E-state index contributed by atoms with van der Waals surface area (Å²) >= 11 is 0. The molecule has 9 nitrogen and oxygen atoms in total. The van der Waals surface area contributed by atoms with Crippen LogP contribution in [-0.4, -0.2) is 80.5 Å². The molecule has 11 heteroatoms. The number of aliphatic hydroxyl groups excluding tert-OH is 1. The van der Waals surface area contributed by atoms with Crippen LogP contribution in [0.3, 0.4) is 0 Å². The quantitative estimate of drug-likeness (QED) is 0.346. The van der Waals surface area contributed by atoms with E-state index in [-0.39, 0.29) is 47.7 Å². The number of piperidine rings is 1. The normalized spacial score (nSPS) is 22.1. The van der Waals surface area contributed by atoms with E-state index in [1.807, 2.05) is 0 Å². The van der Waals surface area contributed by atoms with E-state index in [0.29, 0.717) is 28.8 Å². The molecule has 2 N–H and O–H groups in total. The average molecular weight is 576 g/mol. The van der Waals surface area contributed by atoms with Gasteiger partial charge in [0.1, 0.15) is 29.5 Å². The van der Waals surface area contributed by atoms with Gasteiger partial charge in [0, 0.05) is 30.2 Å². The fourth-order valence-electron chi connectivity index (χ4n) is 7.08. The Kier molecular flexibility index (Phi) is 6.66. The molecule has 218 valence electrons. The molecule has 0 unspecified atom stereocenters. The maximum atomic E-state index is 16.5. The molecule has 0 bridgehead atoms. The van der Waals surface area contributed by atoms with Gasteiger partial charge in [-0.3, -0.25) is 14.7 Å². The van der Waals surface area contributed by atoms with Crippen LogP contribution in [0.4, 0.5) is 14.6 Å². The van der Waals surface area contributed by atoms with Crippen molar-refractivity contribution < 1.29 is 28.5 Å². The molecule has 2 atom stereocenters. The number of β-amino-alcohol motifs (C(OH)–C–C–N with tert-alkyl or cyclic N) is 1. The molecule has 7 rings (SSSR count). The molecule has 3 aliphatic rings. The molecular formula is C31H31F2N5O4. The topological polar surface area (TPSA) is 112 Å². The van der Waals surface area contributed by atoms with Crippen molar-refractivity contribution in [2.75, 3.05) is 37.7 Å². The fourth-order valence-corrected chi connectivity index (χ4v) is 7.08. The Morgan fingerprint density at radius 1 is 1.07 bits per heavy atom. The monoisotopic (exact) mass is 575 g/mol. The number of hydrogen-bond acceptors (Lipinski definition) is 8. The molecular weight excluding hydrogens is 544 g/mol. The van der Waals surface area contributed by atoms with Crippen molar-refractivity contribution in [1.29, 1.82) is 0 Å². The van der Waals surface area contributed by atoms with Crippen molar-refractivity contribution in [3.63, 3.8) is 0 Å². The summed E-state index contributed by atoms with van der Waals surface area (Å²) in [6, 6.07) is 9.81. The fraction of sp³-hybridized carbons (Fsp3) is 0.419. The molecule has 5 heterocycles. The summed E-state index contributed by atoms with van der Waals surface area (Å²) in [5.74, 6) is -2.87. The number of aromatic nitrogens is 3. The Morgan fingerprint density at radius 3 is 2.57 bits per heavy atom. The first-order valence-corrected chi connectivity index (χ1v) is 14.4. The molecule has 3 aliphatic heterocycles. The van der Waals surface area contributed by atoms with Crippen LogP contribution in [-0.2, 0) is 4.79 Å². The molecule has 3 saturated heterocycles. The van der Waals surface area contributed by atoms with E-state index < -0.39 is 29.6 Å². The first-order valence-electron chi connectivity index (χ1n) is 14.4. The van der Waals surface area contributed by atoms with E-state index in [9.17, 15) is 19.4 Å². The number of pyridine rings is 1. The highest BCUT2D eigenvalue weighted by Crippen LogP contribution is 2.40. The van der Waals surface area contributed by atoms with Gasteiger partial charge in [-0.25, -0.2) is 8.78 Å². The zero-order valence-corrected chi connectivity index (χ0v) is 23.0. The predicted molar refractivity (Wildman–Crippen MR) is 152 cm³/mol. The lowest BCUT2D eigenvalue weighted by atomic mass is 9.94. The number of aliphatic carboxylic acids is 1. The summed E-state index contributed by atoms with van der Waals surface area (Å²) in [4.78, 5) is 29.4. The Hall–Kier alpha value is -3.96. The minimum atomic E-state index is -1.13. The third-order valence-electron chi connectivity index (χ3n) is 9.23. The number of halogens is 2. The molecule has 0 aliphatic carbocycles. The highest BCUT2D eigenvalue weighted by Gasteiger charge is 2.45. The van der Waals surface area contributed by atoms with Crippen LogP contribution in [0.2, 0.25) is 0 Å². The molecule has 42 heavy (non-hydrogen) atoms. The maximum absolute atomic E-state index is 16.5. The number of benzene rings is 2. The van der Waals surface area contributed by atoms with Crippen LogP contribution in [0, 0.1) is 17.6 Å². The number of rotatable bonds is 6. The number of carboxylic acid groups (broad SMARTS) is 1. The van der Waals surface area contributed by atoms with Crippen LogP contribution in [0.1, 0.15) is 32.1 Å².